The van der Waals surface area contributed by atoms with Gasteiger partial charge in [-0.25, -0.2) is 4.79 Å². The Balaban J connectivity index is 2.27. The van der Waals surface area contributed by atoms with Gasteiger partial charge in [-0.05, 0) is 25.5 Å². The number of Topliss-reactive ketones (excluding diaryl/α,β-unsaturated/α-hetero) is 1. The standard InChI is InChI=1S/C13H14O6/c1-3-13(2)5-4-7(19-13)10-11(16)8(6-9(14)15)18-12(10)17/h4-5,8H,3,6H2,1-2H3,(H,14,15)/b10-7+/t8-,13+/m0/s1. The summed E-state index contributed by atoms with van der Waals surface area (Å²) in [6.07, 6.45) is 2.22. The minimum atomic E-state index is -1.25. The van der Waals surface area contributed by atoms with Crippen molar-refractivity contribution < 1.29 is 29.0 Å². The first kappa shape index (κ1) is 13.3. The van der Waals surface area contributed by atoms with E-state index in [1.54, 1.807) is 12.2 Å². The van der Waals surface area contributed by atoms with E-state index in [4.69, 9.17) is 14.6 Å². The van der Waals surface area contributed by atoms with E-state index in [-0.39, 0.29) is 11.3 Å². The average Bonchev–Trinajstić information content (AvgIpc) is 2.82. The van der Waals surface area contributed by atoms with Crippen molar-refractivity contribution in [2.24, 2.45) is 0 Å². The zero-order valence-corrected chi connectivity index (χ0v) is 10.6. The van der Waals surface area contributed by atoms with Crippen LogP contribution in [0.15, 0.2) is 23.5 Å². The molecule has 0 bridgehead atoms. The maximum atomic E-state index is 12.0. The number of rotatable bonds is 3. The molecule has 0 aromatic rings. The predicted molar refractivity (Wildman–Crippen MR) is 63.1 cm³/mol. The fourth-order valence-electron chi connectivity index (χ4n) is 1.91. The Labute approximate surface area is 109 Å². The highest BCUT2D eigenvalue weighted by molar-refractivity contribution is 6.24. The number of carboxylic acids is 1. The quantitative estimate of drug-likeness (QED) is 0.465. The summed E-state index contributed by atoms with van der Waals surface area (Å²) in [5.41, 5.74) is -0.743. The van der Waals surface area contributed by atoms with Crippen molar-refractivity contribution in [3.8, 4) is 0 Å². The van der Waals surface area contributed by atoms with Gasteiger partial charge < -0.3 is 14.6 Å². The first-order valence-corrected chi connectivity index (χ1v) is 5.96. The van der Waals surface area contributed by atoms with Gasteiger partial charge in [0.05, 0.1) is 6.42 Å². The molecule has 6 heteroatoms. The molecular formula is C13H14O6. The Bertz CT molecular complexity index is 515. The van der Waals surface area contributed by atoms with Crippen molar-refractivity contribution in [3.05, 3.63) is 23.5 Å². The van der Waals surface area contributed by atoms with Crippen LogP contribution < -0.4 is 0 Å². The minimum absolute atomic E-state index is 0.159. The van der Waals surface area contributed by atoms with Gasteiger partial charge in [0.15, 0.2) is 6.10 Å². The second kappa shape index (κ2) is 4.53. The Morgan fingerprint density at radius 2 is 2.16 bits per heavy atom. The predicted octanol–water partition coefficient (Wildman–Crippen LogP) is 0.965. The van der Waals surface area contributed by atoms with Crippen molar-refractivity contribution >= 4 is 17.7 Å². The van der Waals surface area contributed by atoms with Crippen molar-refractivity contribution in [2.75, 3.05) is 0 Å². The second-order valence-electron chi connectivity index (χ2n) is 4.70. The highest BCUT2D eigenvalue weighted by Gasteiger charge is 2.44. The van der Waals surface area contributed by atoms with Gasteiger partial charge in [-0.15, -0.1) is 0 Å². The van der Waals surface area contributed by atoms with E-state index in [9.17, 15) is 14.4 Å². The molecule has 2 aliphatic heterocycles. The maximum absolute atomic E-state index is 12.0. The summed E-state index contributed by atoms with van der Waals surface area (Å²) < 4.78 is 10.3. The summed E-state index contributed by atoms with van der Waals surface area (Å²) >= 11 is 0. The molecule has 2 aliphatic rings. The van der Waals surface area contributed by atoms with Crippen LogP contribution in [0.2, 0.25) is 0 Å². The molecule has 1 saturated heterocycles. The summed E-state index contributed by atoms with van der Waals surface area (Å²) in [6.45, 7) is 3.75. The number of ether oxygens (including phenoxy) is 2. The number of carbonyl (C=O) groups excluding carboxylic acids is 2. The summed E-state index contributed by atoms with van der Waals surface area (Å²) in [4.78, 5) is 34.2. The number of cyclic esters (lactones) is 1. The van der Waals surface area contributed by atoms with E-state index >= 15 is 0 Å². The van der Waals surface area contributed by atoms with Gasteiger partial charge >= 0.3 is 11.9 Å². The number of carbonyl (C=O) groups is 3. The molecule has 0 saturated carbocycles. The molecule has 2 rings (SSSR count). The van der Waals surface area contributed by atoms with E-state index in [0.717, 1.165) is 0 Å². The molecule has 1 N–H and O–H groups in total. The molecule has 0 unspecified atom stereocenters. The zero-order chi connectivity index (χ0) is 14.2. The first-order chi connectivity index (χ1) is 8.86. The fraction of sp³-hybridized carbons (Fsp3) is 0.462. The van der Waals surface area contributed by atoms with Crippen LogP contribution in [0.4, 0.5) is 0 Å². The van der Waals surface area contributed by atoms with Crippen LogP contribution in [0.25, 0.3) is 0 Å². The summed E-state index contributed by atoms with van der Waals surface area (Å²) in [5.74, 6) is -2.49. The Kier molecular flexibility index (Phi) is 3.18. The molecule has 0 amide bonds. The van der Waals surface area contributed by atoms with Crippen LogP contribution in [-0.2, 0) is 23.9 Å². The highest BCUT2D eigenvalue weighted by atomic mass is 16.6. The van der Waals surface area contributed by atoms with Crippen LogP contribution in [0.3, 0.4) is 0 Å². The normalized spacial score (nSPS) is 33.5. The van der Waals surface area contributed by atoms with E-state index < -0.39 is 35.8 Å². The second-order valence-corrected chi connectivity index (χ2v) is 4.70. The van der Waals surface area contributed by atoms with Crippen LogP contribution in [0.1, 0.15) is 26.7 Å². The lowest BCUT2D eigenvalue weighted by molar-refractivity contribution is -0.147. The average molecular weight is 266 g/mol. The Morgan fingerprint density at radius 1 is 1.47 bits per heavy atom. The number of aliphatic carboxylic acids is 1. The van der Waals surface area contributed by atoms with E-state index in [1.807, 2.05) is 13.8 Å². The van der Waals surface area contributed by atoms with Gasteiger partial charge in [0.1, 0.15) is 16.9 Å². The van der Waals surface area contributed by atoms with Gasteiger partial charge in [-0.2, -0.15) is 0 Å². The topological polar surface area (TPSA) is 89.9 Å². The molecule has 19 heavy (non-hydrogen) atoms. The lowest BCUT2D eigenvalue weighted by Crippen LogP contribution is -2.22. The Hall–Kier alpha value is -2.11. The molecule has 0 aliphatic carbocycles. The van der Waals surface area contributed by atoms with Crippen LogP contribution in [0.5, 0.6) is 0 Å². The highest BCUT2D eigenvalue weighted by Crippen LogP contribution is 2.33. The minimum Gasteiger partial charge on any atom is -0.482 e. The molecule has 1 fully saturated rings. The smallest absolute Gasteiger partial charge is 0.346 e. The summed E-state index contributed by atoms with van der Waals surface area (Å²) in [5, 5.41) is 8.65. The third kappa shape index (κ3) is 2.38. The lowest BCUT2D eigenvalue weighted by Gasteiger charge is -2.20. The monoisotopic (exact) mass is 266 g/mol. The molecule has 2 heterocycles. The summed E-state index contributed by atoms with van der Waals surface area (Å²) in [6, 6.07) is 0. The van der Waals surface area contributed by atoms with Gasteiger partial charge in [0, 0.05) is 0 Å². The molecule has 102 valence electrons. The number of esters is 1. The first-order valence-electron chi connectivity index (χ1n) is 5.96. The third-order valence-electron chi connectivity index (χ3n) is 3.23. The molecule has 0 aromatic carbocycles. The molecule has 0 aromatic heterocycles. The molecule has 0 spiro atoms. The zero-order valence-electron chi connectivity index (χ0n) is 10.6. The third-order valence-corrected chi connectivity index (χ3v) is 3.23. The van der Waals surface area contributed by atoms with Crippen molar-refractivity contribution in [1.29, 1.82) is 0 Å². The largest absolute Gasteiger partial charge is 0.482 e. The molecule has 2 atom stereocenters. The van der Waals surface area contributed by atoms with E-state index in [2.05, 4.69) is 0 Å². The van der Waals surface area contributed by atoms with E-state index in [1.165, 1.54) is 0 Å². The number of hydrogen-bond donors (Lipinski definition) is 1. The number of carboxylic acid groups (broad SMARTS) is 1. The van der Waals surface area contributed by atoms with Gasteiger partial charge in [0.2, 0.25) is 5.78 Å². The number of ketones is 1. The van der Waals surface area contributed by atoms with Crippen molar-refractivity contribution in [3.63, 3.8) is 0 Å². The lowest BCUT2D eigenvalue weighted by atomic mass is 10.0. The van der Waals surface area contributed by atoms with E-state index in [0.29, 0.717) is 6.42 Å². The fourth-order valence-corrected chi connectivity index (χ4v) is 1.91. The SMILES string of the molecule is CC[C@]1(C)C=C/C(=C2\C(=O)O[C@@H](CC(=O)O)C2=O)O1. The molecule has 6 nitrogen and oxygen atoms in total. The summed E-state index contributed by atoms with van der Waals surface area (Å²) in [7, 11) is 0. The van der Waals surface area contributed by atoms with Gasteiger partial charge in [-0.1, -0.05) is 6.92 Å². The van der Waals surface area contributed by atoms with Crippen LogP contribution >= 0.6 is 0 Å². The number of allylic oxidation sites excluding steroid dienone is 1. The van der Waals surface area contributed by atoms with Crippen molar-refractivity contribution in [2.45, 2.75) is 38.4 Å². The molecular weight excluding hydrogens is 252 g/mol. The van der Waals surface area contributed by atoms with Crippen LogP contribution in [-0.4, -0.2) is 34.5 Å². The maximum Gasteiger partial charge on any atom is 0.346 e. The Morgan fingerprint density at radius 3 is 2.68 bits per heavy atom. The van der Waals surface area contributed by atoms with Crippen molar-refractivity contribution in [1.82, 2.24) is 0 Å². The van der Waals surface area contributed by atoms with Gasteiger partial charge in [0.25, 0.3) is 0 Å². The number of hydrogen-bond acceptors (Lipinski definition) is 5. The molecule has 0 radical (unpaired) electrons. The van der Waals surface area contributed by atoms with Gasteiger partial charge in [-0.3, -0.25) is 9.59 Å². The van der Waals surface area contributed by atoms with Crippen LogP contribution in [0, 0.1) is 0 Å².